The predicted molar refractivity (Wildman–Crippen MR) is 87.2 cm³/mol. The second kappa shape index (κ2) is 6.78. The smallest absolute Gasteiger partial charge is 0.137 e. The van der Waals surface area contributed by atoms with Crippen LogP contribution in [0.4, 0.5) is 0 Å². The average Bonchev–Trinajstić information content (AvgIpc) is 2.45. The van der Waals surface area contributed by atoms with Crippen LogP contribution in [0.15, 0.2) is 18.5 Å². The van der Waals surface area contributed by atoms with Gasteiger partial charge in [-0.1, -0.05) is 34.1 Å². The molecule has 3 unspecified atom stereocenters. The Morgan fingerprint density at radius 1 is 1.38 bits per heavy atom. The minimum absolute atomic E-state index is 0.273. The molecule has 21 heavy (non-hydrogen) atoms. The predicted octanol–water partition coefficient (Wildman–Crippen LogP) is 4.12. The number of pyridine rings is 1. The van der Waals surface area contributed by atoms with Gasteiger partial charge in [0.2, 0.25) is 0 Å². The number of ether oxygens (including phenoxy) is 1. The summed E-state index contributed by atoms with van der Waals surface area (Å²) in [6.45, 7) is 9.72. The molecule has 0 radical (unpaired) electrons. The number of hydrogen-bond donors (Lipinski definition) is 1. The summed E-state index contributed by atoms with van der Waals surface area (Å²) >= 11 is 0. The fourth-order valence-electron chi connectivity index (χ4n) is 3.78. The fourth-order valence-corrected chi connectivity index (χ4v) is 3.78. The van der Waals surface area contributed by atoms with Gasteiger partial charge < -0.3 is 10.5 Å². The Kier molecular flexibility index (Phi) is 5.26. The average molecular weight is 290 g/mol. The van der Waals surface area contributed by atoms with Gasteiger partial charge in [-0.15, -0.1) is 0 Å². The molecule has 118 valence electrons. The molecule has 2 rings (SSSR count). The van der Waals surface area contributed by atoms with E-state index in [4.69, 9.17) is 10.5 Å². The van der Waals surface area contributed by atoms with E-state index in [0.717, 1.165) is 30.8 Å². The molecular weight excluding hydrogens is 260 g/mol. The molecule has 0 saturated heterocycles. The van der Waals surface area contributed by atoms with Gasteiger partial charge in [0.05, 0.1) is 12.8 Å². The standard InChI is InChI=1S/C18H30N2O/c1-5-8-21-16-9-15(11-20-12-16)18(19)10-14(4)6-7-17(18)13(2)3/h9,11-14,17H,5-8,10,19H2,1-4H3. The lowest BCUT2D eigenvalue weighted by molar-refractivity contribution is 0.108. The summed E-state index contributed by atoms with van der Waals surface area (Å²) in [5.74, 6) is 2.62. The normalized spacial score (nSPS) is 29.6. The molecule has 1 fully saturated rings. The molecule has 0 amide bonds. The van der Waals surface area contributed by atoms with Crippen molar-refractivity contribution < 1.29 is 4.74 Å². The SMILES string of the molecule is CCCOc1cncc(C2(N)CC(C)CCC2C(C)C)c1. The topological polar surface area (TPSA) is 48.1 Å². The van der Waals surface area contributed by atoms with E-state index in [2.05, 4.69) is 38.7 Å². The highest BCUT2D eigenvalue weighted by atomic mass is 16.5. The summed E-state index contributed by atoms with van der Waals surface area (Å²) in [5.41, 5.74) is 7.78. The van der Waals surface area contributed by atoms with Gasteiger partial charge in [0.1, 0.15) is 5.75 Å². The third kappa shape index (κ3) is 3.57. The van der Waals surface area contributed by atoms with Crippen molar-refractivity contribution in [2.24, 2.45) is 23.5 Å². The minimum Gasteiger partial charge on any atom is -0.492 e. The van der Waals surface area contributed by atoms with Crippen LogP contribution in [0.3, 0.4) is 0 Å². The van der Waals surface area contributed by atoms with Crippen LogP contribution in [0.5, 0.6) is 5.75 Å². The number of hydrogen-bond acceptors (Lipinski definition) is 3. The van der Waals surface area contributed by atoms with E-state index in [9.17, 15) is 0 Å². The molecular formula is C18H30N2O. The van der Waals surface area contributed by atoms with Crippen molar-refractivity contribution in [2.75, 3.05) is 6.61 Å². The van der Waals surface area contributed by atoms with Crippen molar-refractivity contribution in [3.8, 4) is 5.75 Å². The first-order chi connectivity index (χ1) is 9.97. The Hall–Kier alpha value is -1.09. The van der Waals surface area contributed by atoms with Gasteiger partial charge in [0, 0.05) is 11.7 Å². The van der Waals surface area contributed by atoms with Gasteiger partial charge in [-0.05, 0) is 48.6 Å². The van der Waals surface area contributed by atoms with Crippen LogP contribution in [0.2, 0.25) is 0 Å². The molecule has 1 aromatic heterocycles. The first-order valence-corrected chi connectivity index (χ1v) is 8.34. The molecule has 1 heterocycles. The highest BCUT2D eigenvalue weighted by Gasteiger charge is 2.42. The molecule has 0 aliphatic heterocycles. The van der Waals surface area contributed by atoms with Gasteiger partial charge in [-0.3, -0.25) is 4.98 Å². The van der Waals surface area contributed by atoms with Crippen LogP contribution in [-0.2, 0) is 5.54 Å². The van der Waals surface area contributed by atoms with E-state index in [1.54, 1.807) is 6.20 Å². The molecule has 0 spiro atoms. The first-order valence-electron chi connectivity index (χ1n) is 8.34. The quantitative estimate of drug-likeness (QED) is 0.887. The van der Waals surface area contributed by atoms with Crippen molar-refractivity contribution in [3.63, 3.8) is 0 Å². The summed E-state index contributed by atoms with van der Waals surface area (Å²) in [6.07, 6.45) is 8.25. The van der Waals surface area contributed by atoms with Crippen molar-refractivity contribution >= 4 is 0 Å². The second-order valence-corrected chi connectivity index (χ2v) is 7.04. The van der Waals surface area contributed by atoms with Crippen molar-refractivity contribution in [2.45, 2.75) is 58.9 Å². The molecule has 3 nitrogen and oxygen atoms in total. The highest BCUT2D eigenvalue weighted by molar-refractivity contribution is 5.31. The summed E-state index contributed by atoms with van der Waals surface area (Å²) in [4.78, 5) is 4.37. The van der Waals surface area contributed by atoms with E-state index in [1.165, 1.54) is 12.8 Å². The van der Waals surface area contributed by atoms with Gasteiger partial charge in [0.15, 0.2) is 0 Å². The third-order valence-corrected chi connectivity index (χ3v) is 4.85. The monoisotopic (exact) mass is 290 g/mol. The number of nitrogens with zero attached hydrogens (tertiary/aromatic N) is 1. The molecule has 1 aliphatic rings. The Morgan fingerprint density at radius 3 is 2.81 bits per heavy atom. The molecule has 1 aliphatic carbocycles. The third-order valence-electron chi connectivity index (χ3n) is 4.85. The summed E-state index contributed by atoms with van der Waals surface area (Å²) in [5, 5.41) is 0. The Morgan fingerprint density at radius 2 is 2.14 bits per heavy atom. The zero-order valence-corrected chi connectivity index (χ0v) is 13.9. The summed E-state index contributed by atoms with van der Waals surface area (Å²) in [6, 6.07) is 2.11. The zero-order chi connectivity index (χ0) is 15.5. The van der Waals surface area contributed by atoms with Gasteiger partial charge in [-0.25, -0.2) is 0 Å². The second-order valence-electron chi connectivity index (χ2n) is 7.04. The van der Waals surface area contributed by atoms with Crippen LogP contribution in [-0.4, -0.2) is 11.6 Å². The van der Waals surface area contributed by atoms with Crippen LogP contribution in [0.1, 0.15) is 58.9 Å². The van der Waals surface area contributed by atoms with Gasteiger partial charge in [0.25, 0.3) is 0 Å². The van der Waals surface area contributed by atoms with Crippen molar-refractivity contribution in [1.82, 2.24) is 4.98 Å². The van der Waals surface area contributed by atoms with Crippen LogP contribution in [0.25, 0.3) is 0 Å². The molecule has 0 aromatic carbocycles. The zero-order valence-electron chi connectivity index (χ0n) is 13.9. The lowest BCUT2D eigenvalue weighted by Gasteiger charge is -2.46. The first kappa shape index (κ1) is 16.3. The molecule has 0 bridgehead atoms. The Balaban J connectivity index is 2.30. The van der Waals surface area contributed by atoms with E-state index in [0.29, 0.717) is 17.8 Å². The Labute approximate surface area is 129 Å². The number of nitrogens with two attached hydrogens (primary N) is 1. The van der Waals surface area contributed by atoms with E-state index in [-0.39, 0.29) is 5.54 Å². The molecule has 3 heteroatoms. The molecule has 1 saturated carbocycles. The highest BCUT2D eigenvalue weighted by Crippen LogP contribution is 2.45. The van der Waals surface area contributed by atoms with Crippen LogP contribution < -0.4 is 10.5 Å². The molecule has 2 N–H and O–H groups in total. The molecule has 3 atom stereocenters. The Bertz CT molecular complexity index is 460. The number of aromatic nitrogens is 1. The van der Waals surface area contributed by atoms with E-state index < -0.39 is 0 Å². The maximum Gasteiger partial charge on any atom is 0.137 e. The van der Waals surface area contributed by atoms with Gasteiger partial charge in [-0.2, -0.15) is 0 Å². The van der Waals surface area contributed by atoms with Crippen molar-refractivity contribution in [3.05, 3.63) is 24.0 Å². The molecule has 1 aromatic rings. The lowest BCUT2D eigenvalue weighted by Crippen LogP contribution is -2.50. The lowest BCUT2D eigenvalue weighted by atomic mass is 9.63. The maximum absolute atomic E-state index is 6.92. The largest absolute Gasteiger partial charge is 0.492 e. The van der Waals surface area contributed by atoms with Gasteiger partial charge >= 0.3 is 0 Å². The van der Waals surface area contributed by atoms with Crippen molar-refractivity contribution in [1.29, 1.82) is 0 Å². The van der Waals surface area contributed by atoms with Crippen LogP contribution >= 0.6 is 0 Å². The minimum atomic E-state index is -0.273. The summed E-state index contributed by atoms with van der Waals surface area (Å²) in [7, 11) is 0. The van der Waals surface area contributed by atoms with Crippen LogP contribution in [0, 0.1) is 17.8 Å². The maximum atomic E-state index is 6.92. The van der Waals surface area contributed by atoms with E-state index >= 15 is 0 Å². The fraction of sp³-hybridized carbons (Fsp3) is 0.722. The summed E-state index contributed by atoms with van der Waals surface area (Å²) < 4.78 is 5.74. The number of rotatable bonds is 5. The van der Waals surface area contributed by atoms with E-state index in [1.807, 2.05) is 6.20 Å².